The number of nitro groups is 1. The maximum Gasteiger partial charge on any atom is 0.292 e. The van der Waals surface area contributed by atoms with E-state index in [1.165, 1.54) is 38.5 Å². The number of β-amino-alcohol motifs (C(OH)–C–C–N with tert-alkyl or cyclic N) is 1. The molecule has 1 aliphatic heterocycles. The third kappa shape index (κ3) is 4.02. The highest BCUT2D eigenvalue weighted by Gasteiger charge is 2.53. The summed E-state index contributed by atoms with van der Waals surface area (Å²) in [5.74, 6) is 2.60. The van der Waals surface area contributed by atoms with Crippen LogP contribution in [0.25, 0.3) is 0 Å². The van der Waals surface area contributed by atoms with Crippen LogP contribution in [0.5, 0.6) is 0 Å². The van der Waals surface area contributed by atoms with Crippen LogP contribution in [-0.2, 0) is 0 Å². The summed E-state index contributed by atoms with van der Waals surface area (Å²) in [6.45, 7) is 6.73. The van der Waals surface area contributed by atoms with Gasteiger partial charge in [-0.25, -0.2) is 0 Å². The first-order valence-electron chi connectivity index (χ1n) is 12.1. The number of piperazine rings is 1. The third-order valence-electron chi connectivity index (χ3n) is 8.71. The van der Waals surface area contributed by atoms with Crippen molar-refractivity contribution in [2.75, 3.05) is 49.5 Å². The highest BCUT2D eigenvalue weighted by Crippen LogP contribution is 2.61. The Bertz CT molecular complexity index is 786. The van der Waals surface area contributed by atoms with Gasteiger partial charge in [0.25, 0.3) is 5.69 Å². The Morgan fingerprint density at radius 3 is 2.29 bits per heavy atom. The topological polar surface area (TPSA) is 81.9 Å². The van der Waals surface area contributed by atoms with Crippen LogP contribution in [-0.4, -0.2) is 60.3 Å². The van der Waals surface area contributed by atoms with Crippen molar-refractivity contribution in [3.8, 4) is 0 Å². The number of aliphatic hydroxyl groups is 1. The number of hydrogen-bond acceptors (Lipinski definition) is 6. The van der Waals surface area contributed by atoms with Gasteiger partial charge in [-0.1, -0.05) is 0 Å². The summed E-state index contributed by atoms with van der Waals surface area (Å²) in [6.07, 6.45) is 8.08. The van der Waals surface area contributed by atoms with Crippen molar-refractivity contribution in [2.45, 2.75) is 51.5 Å². The van der Waals surface area contributed by atoms with Gasteiger partial charge in [-0.05, 0) is 80.8 Å². The molecule has 0 aromatic heterocycles. The summed E-state index contributed by atoms with van der Waals surface area (Å²) in [6, 6.07) is 5.80. The Balaban J connectivity index is 1.34. The van der Waals surface area contributed by atoms with Crippen LogP contribution in [0.3, 0.4) is 0 Å². The maximum atomic E-state index is 11.8. The first-order chi connectivity index (χ1) is 15.0. The number of aliphatic hydroxyl groups excluding tert-OH is 1. The van der Waals surface area contributed by atoms with Crippen LogP contribution in [0, 0.1) is 33.3 Å². The molecule has 31 heavy (non-hydrogen) atoms. The molecule has 0 unspecified atom stereocenters. The van der Waals surface area contributed by atoms with Crippen molar-refractivity contribution in [1.29, 1.82) is 0 Å². The second kappa shape index (κ2) is 8.24. The summed E-state index contributed by atoms with van der Waals surface area (Å²) in [5.41, 5.74) is 2.20. The molecule has 4 saturated carbocycles. The van der Waals surface area contributed by atoms with E-state index in [2.05, 4.69) is 22.0 Å². The summed E-state index contributed by atoms with van der Waals surface area (Å²) < 4.78 is 0. The molecule has 0 amide bonds. The van der Waals surface area contributed by atoms with Crippen molar-refractivity contribution in [1.82, 2.24) is 4.90 Å². The lowest BCUT2D eigenvalue weighted by molar-refractivity contribution is -0.384. The lowest BCUT2D eigenvalue weighted by atomic mass is 9.48. The highest BCUT2D eigenvalue weighted by molar-refractivity contribution is 5.69. The molecule has 7 nitrogen and oxygen atoms in total. The van der Waals surface area contributed by atoms with E-state index in [1.807, 2.05) is 12.1 Å². The smallest absolute Gasteiger partial charge is 0.292 e. The lowest BCUT2D eigenvalue weighted by Gasteiger charge is -2.59. The number of rotatable bonds is 7. The second-order valence-electron chi connectivity index (χ2n) is 10.7. The fraction of sp³-hybridized carbons (Fsp3) is 0.750. The van der Waals surface area contributed by atoms with Gasteiger partial charge in [0, 0.05) is 50.5 Å². The molecular formula is C24H36N4O3. The van der Waals surface area contributed by atoms with Crippen LogP contribution in [0.4, 0.5) is 17.1 Å². The summed E-state index contributed by atoms with van der Waals surface area (Å²) in [7, 11) is 0. The fourth-order valence-electron chi connectivity index (χ4n) is 7.46. The zero-order valence-electron chi connectivity index (χ0n) is 18.6. The Labute approximate surface area is 184 Å². The van der Waals surface area contributed by atoms with E-state index in [0.717, 1.165) is 49.6 Å². The number of nitrogens with zero attached hydrogens (tertiary/aromatic N) is 3. The molecule has 6 rings (SSSR count). The van der Waals surface area contributed by atoms with E-state index in [-0.39, 0.29) is 23.3 Å². The molecule has 4 aliphatic carbocycles. The van der Waals surface area contributed by atoms with Crippen molar-refractivity contribution >= 4 is 17.1 Å². The van der Waals surface area contributed by atoms with Gasteiger partial charge in [0.1, 0.15) is 5.69 Å². The molecule has 7 heteroatoms. The second-order valence-corrected chi connectivity index (χ2v) is 10.7. The van der Waals surface area contributed by atoms with E-state index in [0.29, 0.717) is 17.6 Å². The highest BCUT2D eigenvalue weighted by atomic mass is 16.6. The van der Waals surface area contributed by atoms with Gasteiger partial charge < -0.3 is 15.3 Å². The molecule has 5 aliphatic rings. The third-order valence-corrected chi connectivity index (χ3v) is 8.71. The van der Waals surface area contributed by atoms with Crippen molar-refractivity contribution in [3.63, 3.8) is 0 Å². The number of anilines is 2. The quantitative estimate of drug-likeness (QED) is 0.509. The number of nitro benzene ring substituents is 1. The molecule has 170 valence electrons. The van der Waals surface area contributed by atoms with Gasteiger partial charge in [0.2, 0.25) is 0 Å². The van der Waals surface area contributed by atoms with Crippen LogP contribution in [0.15, 0.2) is 18.2 Å². The van der Waals surface area contributed by atoms with E-state index in [4.69, 9.17) is 5.11 Å². The molecule has 0 radical (unpaired) electrons. The summed E-state index contributed by atoms with van der Waals surface area (Å²) in [5, 5.41) is 24.6. The van der Waals surface area contributed by atoms with Crippen molar-refractivity contribution in [3.05, 3.63) is 28.3 Å². The van der Waals surface area contributed by atoms with E-state index in [1.54, 1.807) is 6.07 Å². The van der Waals surface area contributed by atoms with Crippen molar-refractivity contribution < 1.29 is 10.0 Å². The van der Waals surface area contributed by atoms with Gasteiger partial charge in [-0.15, -0.1) is 0 Å². The molecule has 5 fully saturated rings. The average Bonchev–Trinajstić information content (AvgIpc) is 2.73. The Kier molecular flexibility index (Phi) is 5.59. The molecule has 1 aromatic rings. The molecule has 1 aromatic carbocycles. The van der Waals surface area contributed by atoms with Gasteiger partial charge in [-0.2, -0.15) is 0 Å². The summed E-state index contributed by atoms with van der Waals surface area (Å²) in [4.78, 5) is 16.1. The Morgan fingerprint density at radius 1 is 1.13 bits per heavy atom. The zero-order chi connectivity index (χ0) is 21.6. The molecule has 1 saturated heterocycles. The number of benzene rings is 1. The normalized spacial score (nSPS) is 33.5. The molecule has 1 atom stereocenters. The van der Waals surface area contributed by atoms with Gasteiger partial charge in [-0.3, -0.25) is 15.0 Å². The van der Waals surface area contributed by atoms with E-state index >= 15 is 0 Å². The first kappa shape index (κ1) is 21.0. The fourth-order valence-corrected chi connectivity index (χ4v) is 7.46. The molecular weight excluding hydrogens is 392 g/mol. The molecule has 0 spiro atoms. The van der Waals surface area contributed by atoms with E-state index in [9.17, 15) is 10.1 Å². The molecule has 2 N–H and O–H groups in total. The number of nitrogens with one attached hydrogen (secondary N) is 1. The minimum Gasteiger partial charge on any atom is -0.395 e. The van der Waals surface area contributed by atoms with Gasteiger partial charge in [0.05, 0.1) is 11.5 Å². The predicted octanol–water partition coefficient (Wildman–Crippen LogP) is 3.73. The lowest BCUT2D eigenvalue weighted by Crippen LogP contribution is -2.53. The van der Waals surface area contributed by atoms with Gasteiger partial charge in [0.15, 0.2) is 0 Å². The van der Waals surface area contributed by atoms with Gasteiger partial charge >= 0.3 is 0 Å². The monoisotopic (exact) mass is 428 g/mol. The average molecular weight is 429 g/mol. The largest absolute Gasteiger partial charge is 0.395 e. The van der Waals surface area contributed by atoms with Crippen LogP contribution < -0.4 is 10.2 Å². The SMILES string of the molecule is C[C@@H](Nc1cc(N2CCN(CCO)CC2)ccc1[N+](=O)[O-])C12CC3CC(CC(C3)C1)C2. The van der Waals surface area contributed by atoms with E-state index < -0.39 is 0 Å². The minimum atomic E-state index is -0.252. The first-order valence-corrected chi connectivity index (χ1v) is 12.1. The number of hydrogen-bond donors (Lipinski definition) is 2. The van der Waals surface area contributed by atoms with Crippen LogP contribution in [0.2, 0.25) is 0 Å². The Morgan fingerprint density at radius 2 is 1.74 bits per heavy atom. The predicted molar refractivity (Wildman–Crippen MR) is 123 cm³/mol. The van der Waals surface area contributed by atoms with Crippen LogP contribution >= 0.6 is 0 Å². The van der Waals surface area contributed by atoms with Crippen LogP contribution in [0.1, 0.15) is 45.4 Å². The zero-order valence-corrected chi connectivity index (χ0v) is 18.6. The molecule has 1 heterocycles. The summed E-state index contributed by atoms with van der Waals surface area (Å²) >= 11 is 0. The Hall–Kier alpha value is -1.86. The molecule has 4 bridgehead atoms. The standard InChI is InChI=1S/C24H36N4O3/c1-17(24-14-18-10-19(15-24)12-20(11-18)16-24)25-22-13-21(2-3-23(22)28(30)31)27-6-4-26(5-7-27)8-9-29/h2-3,13,17-20,25,29H,4-12,14-16H2,1H3/t17-,18?,19?,20?,24?/m1/s1. The van der Waals surface area contributed by atoms with Crippen molar-refractivity contribution in [2.24, 2.45) is 23.2 Å². The maximum absolute atomic E-state index is 11.8. The minimum absolute atomic E-state index is 0.180.